The molecule has 16 heteroatoms. The number of ether oxygens (including phenoxy) is 2. The van der Waals surface area contributed by atoms with E-state index in [0.717, 1.165) is 0 Å². The Morgan fingerprint density at radius 2 is 1.16 bits per heavy atom. The fourth-order valence-corrected chi connectivity index (χ4v) is 15.4. The predicted molar refractivity (Wildman–Crippen MR) is 155 cm³/mol. The number of halogens is 6. The molecule has 8 bridgehead atoms. The number of fused-ring (bicyclic) bond motifs is 8. The zero-order valence-electron chi connectivity index (χ0n) is 26.8. The van der Waals surface area contributed by atoms with Gasteiger partial charge in [-0.25, -0.2) is 0 Å². The number of para-hydroxylation sites is 1. The normalized spacial score (nSPS) is 16.4. The number of methoxy groups -OCH3 is 2. The molecule has 0 heterocycles. The molecule has 0 radical (unpaired) electrons. The number of phenols is 2. The Balaban J connectivity index is 0.00000105. The van der Waals surface area contributed by atoms with Crippen LogP contribution in [0.15, 0.2) is 66.3 Å². The number of carbonyl (C=O) groups excluding carboxylic acids is 4. The van der Waals surface area contributed by atoms with Gasteiger partial charge in [0.25, 0.3) is 0 Å². The van der Waals surface area contributed by atoms with Gasteiger partial charge in [0.2, 0.25) is 0 Å². The maximum atomic E-state index is 13.6. The van der Waals surface area contributed by atoms with Gasteiger partial charge in [-0.3, -0.25) is 0 Å². The zero-order valence-corrected chi connectivity index (χ0v) is 37.8. The number of aromatic hydroxyl groups is 2. The quantitative estimate of drug-likeness (QED) is 0.282. The number of phenolic OH excluding ortho intramolecular Hbond substituents is 2. The second-order valence-corrected chi connectivity index (χ2v) is 26.9. The summed E-state index contributed by atoms with van der Waals surface area (Å²) in [6.07, 6.45) is 5.82. The topological polar surface area (TPSA) is 127 Å². The fourth-order valence-electron chi connectivity index (χ4n) is 6.41. The van der Waals surface area contributed by atoms with Crippen LogP contribution in [-0.2, 0) is 98.7 Å². The molecule has 8 nitrogen and oxygen atoms in total. The number of hydrogen-bond acceptors (Lipinski definition) is 8. The molecule has 0 amide bonds. The summed E-state index contributed by atoms with van der Waals surface area (Å²) in [5.74, 6) is -0.128. The SMILES string of the molecule is COc1c2cccc1Cc1c[c]([Hg][C](F)(F)F)cc(c1O)C[C@@H]1C=CC=C(Cc3c[c]([Hg][C](F)(F)F)cc(c3O)C2)[C@@H]1OC.O=C=O.O=C=O. The van der Waals surface area contributed by atoms with Gasteiger partial charge in [-0.15, -0.1) is 0 Å². The molecule has 0 fully saturated rings. The first kappa shape index (κ1) is 41.1. The van der Waals surface area contributed by atoms with E-state index >= 15 is 0 Å². The van der Waals surface area contributed by atoms with E-state index in [1.165, 1.54) is 38.5 Å². The molecule has 5 rings (SSSR count). The molecule has 0 spiro atoms. The largest absolute Gasteiger partial charge is 0.373 e. The Bertz CT molecular complexity index is 1800. The molecule has 2 aliphatic carbocycles. The summed E-state index contributed by atoms with van der Waals surface area (Å²) < 4.78 is 85.2. The van der Waals surface area contributed by atoms with Crippen LogP contribution in [-0.4, -0.2) is 50.2 Å². The molecule has 2 aliphatic rings. The van der Waals surface area contributed by atoms with E-state index in [2.05, 4.69) is 0 Å². The summed E-state index contributed by atoms with van der Waals surface area (Å²) in [6.45, 7) is 0. The Morgan fingerprint density at radius 1 is 0.720 bits per heavy atom. The van der Waals surface area contributed by atoms with E-state index < -0.39 is 62.6 Å². The minimum absolute atomic E-state index is 0.0733. The molecule has 2 N–H and O–H groups in total. The average Bonchev–Trinajstić information content (AvgIpc) is 3.01. The molecule has 50 heavy (non-hydrogen) atoms. The maximum absolute atomic E-state index is 13.6. The third-order valence-corrected chi connectivity index (χ3v) is 17.6. The first-order valence-electron chi connectivity index (χ1n) is 14.9. The van der Waals surface area contributed by atoms with Gasteiger partial charge in [0, 0.05) is 0 Å². The van der Waals surface area contributed by atoms with Crippen molar-refractivity contribution >= 4 is 18.4 Å². The monoisotopic (exact) mass is 1080 g/mol. The van der Waals surface area contributed by atoms with E-state index in [-0.39, 0.29) is 61.5 Å². The third kappa shape index (κ3) is 11.4. The summed E-state index contributed by atoms with van der Waals surface area (Å²) in [6, 6.07) is 11.0. The zero-order chi connectivity index (χ0) is 37.2. The van der Waals surface area contributed by atoms with Crippen molar-refractivity contribution in [3.8, 4) is 17.2 Å². The average molecular weight is 1080 g/mol. The Morgan fingerprint density at radius 3 is 1.60 bits per heavy atom. The summed E-state index contributed by atoms with van der Waals surface area (Å²) in [7, 11) is 2.93. The van der Waals surface area contributed by atoms with Crippen LogP contribution < -0.4 is 10.9 Å². The van der Waals surface area contributed by atoms with Gasteiger partial charge >= 0.3 is 290 Å². The van der Waals surface area contributed by atoms with Crippen molar-refractivity contribution in [1.29, 1.82) is 0 Å². The molecular weight excluding hydrogens is 1050 g/mol. The first-order chi connectivity index (χ1) is 23.6. The van der Waals surface area contributed by atoms with Gasteiger partial charge in [0.05, 0.1) is 0 Å². The van der Waals surface area contributed by atoms with E-state index in [9.17, 15) is 36.6 Å². The van der Waals surface area contributed by atoms with Crippen LogP contribution in [0.25, 0.3) is 0 Å². The minimum Gasteiger partial charge on any atom is -0.186 e. The van der Waals surface area contributed by atoms with Crippen molar-refractivity contribution in [3.63, 3.8) is 0 Å². The number of hydrogen-bond donors (Lipinski definition) is 2. The van der Waals surface area contributed by atoms with Gasteiger partial charge in [-0.2, -0.15) is 19.2 Å². The molecular formula is C34H28F6Hg2O8. The summed E-state index contributed by atoms with van der Waals surface area (Å²) >= 11 is -7.16. The van der Waals surface area contributed by atoms with Gasteiger partial charge < -0.3 is 0 Å². The summed E-state index contributed by atoms with van der Waals surface area (Å²) in [5, 5.41) is 22.8. The van der Waals surface area contributed by atoms with Gasteiger partial charge in [-0.1, -0.05) is 0 Å². The Kier molecular flexibility index (Phi) is 15.0. The molecule has 2 atom stereocenters. The van der Waals surface area contributed by atoms with Crippen LogP contribution in [0.1, 0.15) is 33.4 Å². The fraction of sp³-hybridized carbons (Fsp3) is 0.294. The number of allylic oxidation sites excluding steroid dienone is 2. The standard InChI is InChI=1S/C30H28O4.2CF3.2CO2.2Hg/c1-33-29-23-11-5-12-24(29)16-20-8-4-10-22(28(20)32)18-26-14-6-13-25(30(26)34-2)17-21-9-3-7-19(15-23)27(21)31;2*2-1(3)4;2*2-1-3;;/h5-14,23,29,31-32H,15-18H2,1-2H3;;;;;;/t23-,29+;;;;;;/m0....../s1. The molecule has 0 saturated heterocycles. The third-order valence-electron chi connectivity index (χ3n) is 8.14. The second-order valence-electron chi connectivity index (χ2n) is 11.6. The molecule has 0 saturated carbocycles. The van der Waals surface area contributed by atoms with E-state index in [1.54, 1.807) is 30.4 Å². The summed E-state index contributed by atoms with van der Waals surface area (Å²) in [5.41, 5.74) is 3.34. The van der Waals surface area contributed by atoms with Crippen LogP contribution in [0.4, 0.5) is 26.3 Å². The van der Waals surface area contributed by atoms with Crippen molar-refractivity contribution in [2.24, 2.45) is 5.92 Å². The maximum Gasteiger partial charge on any atom is 0.373 e. The van der Waals surface area contributed by atoms with Crippen molar-refractivity contribution in [3.05, 3.63) is 99.6 Å². The molecule has 258 valence electrons. The number of benzene rings is 3. The van der Waals surface area contributed by atoms with Crippen LogP contribution >= 0.6 is 0 Å². The Hall–Kier alpha value is -3.29. The summed E-state index contributed by atoms with van der Waals surface area (Å²) in [4.78, 5) is 32.5. The van der Waals surface area contributed by atoms with E-state index in [0.29, 0.717) is 44.7 Å². The van der Waals surface area contributed by atoms with E-state index in [1.807, 2.05) is 6.08 Å². The molecule has 0 aromatic heterocycles. The van der Waals surface area contributed by atoms with Crippen molar-refractivity contribution in [1.82, 2.24) is 0 Å². The van der Waals surface area contributed by atoms with Crippen LogP contribution in [0.5, 0.6) is 17.2 Å². The van der Waals surface area contributed by atoms with Gasteiger partial charge in [0.1, 0.15) is 0 Å². The van der Waals surface area contributed by atoms with Gasteiger partial charge in [0.15, 0.2) is 0 Å². The number of rotatable bonds is 4. The van der Waals surface area contributed by atoms with Crippen molar-refractivity contribution in [2.75, 3.05) is 14.2 Å². The molecule has 3 aromatic rings. The molecule has 0 unspecified atom stereocenters. The second kappa shape index (κ2) is 18.3. The van der Waals surface area contributed by atoms with E-state index in [4.69, 9.17) is 28.7 Å². The van der Waals surface area contributed by atoms with Gasteiger partial charge in [-0.05, 0) is 0 Å². The van der Waals surface area contributed by atoms with Crippen molar-refractivity contribution in [2.45, 2.75) is 39.2 Å². The molecule has 0 aliphatic heterocycles. The molecule has 3 aromatic carbocycles. The smallest absolute Gasteiger partial charge is 0.186 e. The Labute approximate surface area is 307 Å². The minimum atomic E-state index is -4.24. The van der Waals surface area contributed by atoms with Crippen LogP contribution in [0, 0.1) is 5.92 Å². The van der Waals surface area contributed by atoms with Crippen LogP contribution in [0.3, 0.4) is 0 Å². The van der Waals surface area contributed by atoms with Crippen LogP contribution in [0.2, 0.25) is 0 Å². The predicted octanol–water partition coefficient (Wildman–Crippen LogP) is 4.80. The van der Waals surface area contributed by atoms with Crippen molar-refractivity contribution < 1.29 is 114 Å². The first-order valence-corrected chi connectivity index (χ1v) is 25.9. The number of alkyl halides is 6.